The molecule has 1 aliphatic heterocycles. The lowest BCUT2D eigenvalue weighted by atomic mass is 10.2. The number of hydrogen-bond acceptors (Lipinski definition) is 4. The number of halogens is 1. The summed E-state index contributed by atoms with van der Waals surface area (Å²) >= 11 is 0. The largest absolute Gasteiger partial charge is 0.484 e. The van der Waals surface area contributed by atoms with Crippen LogP contribution in [0, 0.1) is 17.1 Å². The first-order valence-electron chi connectivity index (χ1n) is 7.44. The number of carbonyl (C=O) groups is 1. The molecule has 0 radical (unpaired) electrons. The van der Waals surface area contributed by atoms with Crippen molar-refractivity contribution in [2.45, 2.75) is 12.8 Å². The van der Waals surface area contributed by atoms with Gasteiger partial charge in [0.25, 0.3) is 5.91 Å². The summed E-state index contributed by atoms with van der Waals surface area (Å²) in [6, 6.07) is 7.77. The summed E-state index contributed by atoms with van der Waals surface area (Å²) in [6.45, 7) is 3.89. The zero-order chi connectivity index (χ0) is 15.8. The molecular formula is C16H20FN3O2. The molecule has 1 aliphatic rings. The minimum Gasteiger partial charge on any atom is -0.484 e. The monoisotopic (exact) mass is 305 g/mol. The Labute approximate surface area is 129 Å². The van der Waals surface area contributed by atoms with E-state index in [1.54, 1.807) is 4.90 Å². The van der Waals surface area contributed by atoms with Gasteiger partial charge in [-0.05, 0) is 37.2 Å². The fraction of sp³-hybridized carbons (Fsp3) is 0.500. The van der Waals surface area contributed by atoms with E-state index in [0.717, 1.165) is 26.1 Å². The second-order valence-electron chi connectivity index (χ2n) is 5.23. The normalized spacial score (nSPS) is 15.4. The van der Waals surface area contributed by atoms with Gasteiger partial charge in [-0.1, -0.05) is 0 Å². The molecule has 22 heavy (non-hydrogen) atoms. The van der Waals surface area contributed by atoms with E-state index in [9.17, 15) is 9.18 Å². The average molecular weight is 305 g/mol. The van der Waals surface area contributed by atoms with Crippen molar-refractivity contribution in [3.05, 3.63) is 30.1 Å². The van der Waals surface area contributed by atoms with Gasteiger partial charge >= 0.3 is 0 Å². The van der Waals surface area contributed by atoms with Crippen molar-refractivity contribution in [2.75, 3.05) is 39.3 Å². The van der Waals surface area contributed by atoms with Crippen LogP contribution in [0.15, 0.2) is 24.3 Å². The van der Waals surface area contributed by atoms with Crippen molar-refractivity contribution < 1.29 is 13.9 Å². The second kappa shape index (κ2) is 8.35. The molecule has 0 unspecified atom stereocenters. The van der Waals surface area contributed by atoms with E-state index in [0.29, 0.717) is 25.3 Å². The Balaban J connectivity index is 1.69. The molecule has 0 atom stereocenters. The maximum Gasteiger partial charge on any atom is 0.260 e. The molecule has 1 amide bonds. The summed E-state index contributed by atoms with van der Waals surface area (Å²) in [5.74, 6) is 0.108. The Morgan fingerprint density at radius 1 is 1.23 bits per heavy atom. The van der Waals surface area contributed by atoms with Gasteiger partial charge in [-0.2, -0.15) is 5.26 Å². The highest BCUT2D eigenvalue weighted by Crippen LogP contribution is 2.11. The van der Waals surface area contributed by atoms with Gasteiger partial charge < -0.3 is 9.64 Å². The van der Waals surface area contributed by atoms with Crippen LogP contribution in [0.4, 0.5) is 4.39 Å². The number of rotatable bonds is 6. The molecule has 0 aromatic heterocycles. The number of hydrogen-bond donors (Lipinski definition) is 0. The number of nitriles is 1. The fourth-order valence-electron chi connectivity index (χ4n) is 2.37. The molecule has 118 valence electrons. The molecular weight excluding hydrogens is 285 g/mol. The van der Waals surface area contributed by atoms with Gasteiger partial charge in [0, 0.05) is 32.6 Å². The zero-order valence-corrected chi connectivity index (χ0v) is 12.5. The molecule has 1 saturated heterocycles. The van der Waals surface area contributed by atoms with Gasteiger partial charge in [-0.25, -0.2) is 4.39 Å². The van der Waals surface area contributed by atoms with Crippen molar-refractivity contribution in [1.82, 2.24) is 9.80 Å². The quantitative estimate of drug-likeness (QED) is 0.750. The fourth-order valence-corrected chi connectivity index (χ4v) is 2.37. The van der Waals surface area contributed by atoms with Gasteiger partial charge in [0.2, 0.25) is 0 Å². The van der Waals surface area contributed by atoms with E-state index in [1.807, 2.05) is 0 Å². The minimum absolute atomic E-state index is 0.0277. The Bertz CT molecular complexity index is 519. The van der Waals surface area contributed by atoms with Crippen LogP contribution < -0.4 is 4.74 Å². The summed E-state index contributed by atoms with van der Waals surface area (Å²) < 4.78 is 18.1. The molecule has 1 fully saturated rings. The maximum atomic E-state index is 12.8. The van der Waals surface area contributed by atoms with Gasteiger partial charge in [0.15, 0.2) is 6.61 Å². The van der Waals surface area contributed by atoms with Crippen molar-refractivity contribution in [2.24, 2.45) is 0 Å². The molecule has 0 saturated carbocycles. The lowest BCUT2D eigenvalue weighted by Gasteiger charge is -2.34. The van der Waals surface area contributed by atoms with Crippen LogP contribution in [0.3, 0.4) is 0 Å². The number of amides is 1. The molecule has 0 bridgehead atoms. The summed E-state index contributed by atoms with van der Waals surface area (Å²) in [4.78, 5) is 16.1. The van der Waals surface area contributed by atoms with E-state index < -0.39 is 0 Å². The number of benzene rings is 1. The highest BCUT2D eigenvalue weighted by Gasteiger charge is 2.20. The smallest absolute Gasteiger partial charge is 0.260 e. The first kappa shape index (κ1) is 16.2. The van der Waals surface area contributed by atoms with Gasteiger partial charge in [0.1, 0.15) is 11.6 Å². The van der Waals surface area contributed by atoms with Crippen LogP contribution in [0.2, 0.25) is 0 Å². The van der Waals surface area contributed by atoms with Crippen LogP contribution in [0.5, 0.6) is 5.75 Å². The first-order chi connectivity index (χ1) is 10.7. The summed E-state index contributed by atoms with van der Waals surface area (Å²) in [5, 5.41) is 8.52. The van der Waals surface area contributed by atoms with Crippen LogP contribution in [0.25, 0.3) is 0 Å². The number of piperazine rings is 1. The second-order valence-corrected chi connectivity index (χ2v) is 5.23. The summed E-state index contributed by atoms with van der Waals surface area (Å²) in [5.41, 5.74) is 0. The Morgan fingerprint density at radius 3 is 2.55 bits per heavy atom. The molecule has 6 heteroatoms. The Kier molecular flexibility index (Phi) is 6.16. The zero-order valence-electron chi connectivity index (χ0n) is 12.5. The highest BCUT2D eigenvalue weighted by atomic mass is 19.1. The molecule has 1 aromatic carbocycles. The van der Waals surface area contributed by atoms with Gasteiger partial charge in [0.05, 0.1) is 6.07 Å². The van der Waals surface area contributed by atoms with E-state index in [1.165, 1.54) is 24.3 Å². The van der Waals surface area contributed by atoms with E-state index >= 15 is 0 Å². The third kappa shape index (κ3) is 5.01. The first-order valence-corrected chi connectivity index (χ1v) is 7.44. The number of nitrogens with zero attached hydrogens (tertiary/aromatic N) is 3. The van der Waals surface area contributed by atoms with Gasteiger partial charge in [-0.3, -0.25) is 9.69 Å². The Hall–Kier alpha value is -2.13. The molecule has 0 N–H and O–H groups in total. The number of ether oxygens (including phenoxy) is 1. The van der Waals surface area contributed by atoms with Crippen LogP contribution in [0.1, 0.15) is 12.8 Å². The lowest BCUT2D eigenvalue weighted by molar-refractivity contribution is -0.135. The molecule has 2 rings (SSSR count). The van der Waals surface area contributed by atoms with Crippen molar-refractivity contribution in [3.63, 3.8) is 0 Å². The molecule has 5 nitrogen and oxygen atoms in total. The van der Waals surface area contributed by atoms with E-state index in [4.69, 9.17) is 10.00 Å². The predicted octanol–water partition coefficient (Wildman–Crippen LogP) is 1.65. The average Bonchev–Trinajstić information content (AvgIpc) is 2.55. The molecule has 1 aromatic rings. The summed E-state index contributed by atoms with van der Waals surface area (Å²) in [6.07, 6.45) is 1.45. The van der Waals surface area contributed by atoms with Crippen molar-refractivity contribution >= 4 is 5.91 Å². The number of unbranched alkanes of at least 4 members (excludes halogenated alkanes) is 1. The predicted molar refractivity (Wildman–Crippen MR) is 79.8 cm³/mol. The minimum atomic E-state index is -0.328. The SMILES string of the molecule is N#CCCCN1CCN(C(=O)COc2ccc(F)cc2)CC1. The van der Waals surface area contributed by atoms with Crippen LogP contribution in [-0.2, 0) is 4.79 Å². The van der Waals surface area contributed by atoms with E-state index in [2.05, 4.69) is 11.0 Å². The van der Waals surface area contributed by atoms with Crippen LogP contribution in [-0.4, -0.2) is 55.0 Å². The molecule has 1 heterocycles. The van der Waals surface area contributed by atoms with E-state index in [-0.39, 0.29) is 18.3 Å². The van der Waals surface area contributed by atoms with Gasteiger partial charge in [-0.15, -0.1) is 0 Å². The third-order valence-corrected chi connectivity index (χ3v) is 3.66. The summed E-state index contributed by atoms with van der Waals surface area (Å²) in [7, 11) is 0. The highest BCUT2D eigenvalue weighted by molar-refractivity contribution is 5.77. The number of carbonyl (C=O) groups excluding carboxylic acids is 1. The third-order valence-electron chi connectivity index (χ3n) is 3.66. The molecule has 0 spiro atoms. The molecule has 0 aliphatic carbocycles. The van der Waals surface area contributed by atoms with Crippen molar-refractivity contribution in [1.29, 1.82) is 5.26 Å². The standard InChI is InChI=1S/C16H20FN3O2/c17-14-3-5-15(6-4-14)22-13-16(21)20-11-9-19(10-12-20)8-2-1-7-18/h3-6H,1-2,8-13H2. The lowest BCUT2D eigenvalue weighted by Crippen LogP contribution is -2.50. The maximum absolute atomic E-state index is 12.8. The Morgan fingerprint density at radius 2 is 1.91 bits per heavy atom. The topological polar surface area (TPSA) is 56.6 Å². The van der Waals surface area contributed by atoms with Crippen LogP contribution >= 0.6 is 0 Å². The van der Waals surface area contributed by atoms with Crippen molar-refractivity contribution in [3.8, 4) is 11.8 Å².